The average Bonchev–Trinajstić information content (AvgIpc) is 3.45. The predicted molar refractivity (Wildman–Crippen MR) is 201 cm³/mol. The third kappa shape index (κ3) is 4.58. The predicted octanol–water partition coefficient (Wildman–Crippen LogP) is 10.3. The molecule has 1 aliphatic carbocycles. The Morgan fingerprint density at radius 1 is 0.479 bits per heavy atom. The summed E-state index contributed by atoms with van der Waals surface area (Å²) in [5.41, 5.74) is 14.3. The molecule has 2 aliphatic heterocycles. The van der Waals surface area contributed by atoms with Crippen molar-refractivity contribution in [2.75, 3.05) is 18.4 Å². The van der Waals surface area contributed by atoms with Gasteiger partial charge < -0.3 is 16.0 Å². The molecule has 0 amide bonds. The van der Waals surface area contributed by atoms with Crippen molar-refractivity contribution in [1.29, 1.82) is 0 Å². The molecule has 6 aromatic carbocycles. The molecule has 48 heavy (non-hydrogen) atoms. The first-order valence-electron chi connectivity index (χ1n) is 16.7. The van der Waals surface area contributed by atoms with Crippen LogP contribution in [-0.4, -0.2) is 13.1 Å². The van der Waals surface area contributed by atoms with Gasteiger partial charge in [0.15, 0.2) is 0 Å². The molecule has 0 bridgehead atoms. The molecule has 0 saturated carbocycles. The van der Waals surface area contributed by atoms with Crippen LogP contribution in [0.2, 0.25) is 0 Å². The first-order chi connectivity index (χ1) is 23.8. The molecule has 0 radical (unpaired) electrons. The Hall–Kier alpha value is -6.06. The van der Waals surface area contributed by atoms with Crippen LogP contribution in [0.25, 0.3) is 44.2 Å². The second-order valence-corrected chi connectivity index (χ2v) is 12.7. The number of benzene rings is 6. The van der Waals surface area contributed by atoms with Gasteiger partial charge in [0.25, 0.3) is 0 Å². The molecule has 230 valence electrons. The van der Waals surface area contributed by atoms with E-state index in [0.29, 0.717) is 0 Å². The summed E-state index contributed by atoms with van der Waals surface area (Å²) < 4.78 is 0. The van der Waals surface area contributed by atoms with Gasteiger partial charge in [0.2, 0.25) is 0 Å². The highest BCUT2D eigenvalue weighted by molar-refractivity contribution is 5.96. The van der Waals surface area contributed by atoms with E-state index < -0.39 is 5.41 Å². The van der Waals surface area contributed by atoms with Gasteiger partial charge >= 0.3 is 0 Å². The smallest absolute Gasteiger partial charge is 0.0710 e. The molecule has 0 unspecified atom stereocenters. The second-order valence-electron chi connectivity index (χ2n) is 12.7. The zero-order valence-electron chi connectivity index (χ0n) is 26.6. The Morgan fingerprint density at radius 2 is 1.15 bits per heavy atom. The number of fused-ring (bicyclic) bond motifs is 4. The molecule has 9 rings (SSSR count). The molecule has 3 nitrogen and oxygen atoms in total. The van der Waals surface area contributed by atoms with E-state index in [9.17, 15) is 0 Å². The van der Waals surface area contributed by atoms with Gasteiger partial charge in [-0.2, -0.15) is 0 Å². The van der Waals surface area contributed by atoms with E-state index in [1.807, 2.05) is 0 Å². The normalized spacial score (nSPS) is 15.5. The molecular formula is C45H35N3. The topological polar surface area (TPSA) is 36.1 Å². The minimum atomic E-state index is -0.442. The van der Waals surface area contributed by atoms with E-state index in [1.165, 1.54) is 66.4 Å². The quantitative estimate of drug-likeness (QED) is 0.174. The summed E-state index contributed by atoms with van der Waals surface area (Å²) in [5.74, 6) is 0. The average molecular weight is 618 g/mol. The largest absolute Gasteiger partial charge is 0.387 e. The summed E-state index contributed by atoms with van der Waals surface area (Å²) in [6.07, 6.45) is 13.4. The van der Waals surface area contributed by atoms with E-state index in [2.05, 4.69) is 186 Å². The van der Waals surface area contributed by atoms with Crippen molar-refractivity contribution in [2.45, 2.75) is 5.41 Å². The van der Waals surface area contributed by atoms with Crippen molar-refractivity contribution in [3.63, 3.8) is 0 Å². The molecule has 3 heteroatoms. The van der Waals surface area contributed by atoms with Gasteiger partial charge in [0, 0.05) is 30.0 Å². The SMILES string of the molecule is C1=CC(C2(C3=CCNC=C3)c3ccccc3-c3cc(-c4ccccc4)c(Nc4ccc5ccc(-c6ccccc6)cc5c4)cc32)=CCN1. The molecule has 2 heterocycles. The van der Waals surface area contributed by atoms with Gasteiger partial charge in [0.05, 0.1) is 5.41 Å². The van der Waals surface area contributed by atoms with Gasteiger partial charge in [-0.1, -0.05) is 115 Å². The van der Waals surface area contributed by atoms with Crippen LogP contribution in [0.5, 0.6) is 0 Å². The lowest BCUT2D eigenvalue weighted by atomic mass is 9.65. The van der Waals surface area contributed by atoms with Crippen LogP contribution in [0.15, 0.2) is 181 Å². The Bertz CT molecular complexity index is 2280. The molecule has 0 atom stereocenters. The van der Waals surface area contributed by atoms with Crippen LogP contribution in [0.4, 0.5) is 11.4 Å². The standard InChI is InChI=1S/C45H35N3/c1-3-9-31(10-4-1)34-16-15-32-17-18-38(28-35(32)27-34)48-44-30-43-41(29-40(44)33-11-5-2-6-12-33)39-13-7-8-14-42(39)45(43,36-19-23-46-24-20-36)37-21-25-47-26-22-37/h1-23,25,27-30,46-48H,24,26H2. The Morgan fingerprint density at radius 3 is 1.85 bits per heavy atom. The number of hydrogen-bond donors (Lipinski definition) is 3. The van der Waals surface area contributed by atoms with E-state index in [1.54, 1.807) is 0 Å². The number of rotatable bonds is 6. The maximum absolute atomic E-state index is 3.92. The molecule has 0 saturated heterocycles. The summed E-state index contributed by atoms with van der Waals surface area (Å²) >= 11 is 0. The summed E-state index contributed by atoms with van der Waals surface area (Å²) in [6, 6.07) is 48.6. The molecule has 0 fully saturated rings. The van der Waals surface area contributed by atoms with Gasteiger partial charge in [-0.05, 0) is 116 Å². The van der Waals surface area contributed by atoms with Crippen molar-refractivity contribution in [3.05, 3.63) is 192 Å². The summed E-state index contributed by atoms with van der Waals surface area (Å²) in [7, 11) is 0. The first kappa shape index (κ1) is 28.2. The fraction of sp³-hybridized carbons (Fsp3) is 0.0667. The fourth-order valence-electron chi connectivity index (χ4n) is 7.83. The minimum Gasteiger partial charge on any atom is -0.387 e. The fourth-order valence-corrected chi connectivity index (χ4v) is 7.83. The zero-order valence-corrected chi connectivity index (χ0v) is 26.6. The molecule has 3 aliphatic rings. The van der Waals surface area contributed by atoms with Crippen LogP contribution >= 0.6 is 0 Å². The molecule has 0 spiro atoms. The number of hydrogen-bond acceptors (Lipinski definition) is 3. The lowest BCUT2D eigenvalue weighted by molar-refractivity contribution is 0.733. The van der Waals surface area contributed by atoms with E-state index in [0.717, 1.165) is 24.5 Å². The van der Waals surface area contributed by atoms with Crippen LogP contribution in [0.3, 0.4) is 0 Å². The van der Waals surface area contributed by atoms with Gasteiger partial charge in [-0.3, -0.25) is 0 Å². The highest BCUT2D eigenvalue weighted by Gasteiger charge is 2.48. The summed E-state index contributed by atoms with van der Waals surface area (Å²) in [5, 5.41) is 13.1. The van der Waals surface area contributed by atoms with Crippen molar-refractivity contribution >= 4 is 22.1 Å². The van der Waals surface area contributed by atoms with Gasteiger partial charge in [-0.25, -0.2) is 0 Å². The minimum absolute atomic E-state index is 0.442. The van der Waals surface area contributed by atoms with Crippen molar-refractivity contribution in [2.24, 2.45) is 0 Å². The molecule has 6 aromatic rings. The van der Waals surface area contributed by atoms with Gasteiger partial charge in [0.1, 0.15) is 0 Å². The van der Waals surface area contributed by atoms with E-state index >= 15 is 0 Å². The first-order valence-corrected chi connectivity index (χ1v) is 16.7. The molecule has 0 aromatic heterocycles. The number of anilines is 2. The molecular weight excluding hydrogens is 583 g/mol. The van der Waals surface area contributed by atoms with Crippen LogP contribution in [0.1, 0.15) is 11.1 Å². The Labute approximate surface area is 281 Å². The Kier molecular flexibility index (Phi) is 6.83. The summed E-state index contributed by atoms with van der Waals surface area (Å²) in [4.78, 5) is 0. The maximum atomic E-state index is 3.92. The lowest BCUT2D eigenvalue weighted by Gasteiger charge is -2.37. The van der Waals surface area contributed by atoms with Crippen LogP contribution in [0, 0.1) is 0 Å². The third-order valence-electron chi connectivity index (χ3n) is 10.0. The highest BCUT2D eigenvalue weighted by Crippen LogP contribution is 2.59. The van der Waals surface area contributed by atoms with E-state index in [4.69, 9.17) is 0 Å². The second kappa shape index (κ2) is 11.6. The number of nitrogens with one attached hydrogen (secondary N) is 3. The molecule has 3 N–H and O–H groups in total. The van der Waals surface area contributed by atoms with Gasteiger partial charge in [-0.15, -0.1) is 0 Å². The third-order valence-corrected chi connectivity index (χ3v) is 10.0. The number of dihydropyridines is 2. The monoisotopic (exact) mass is 617 g/mol. The zero-order chi connectivity index (χ0) is 31.9. The van der Waals surface area contributed by atoms with Crippen molar-refractivity contribution in [1.82, 2.24) is 10.6 Å². The van der Waals surface area contributed by atoms with E-state index in [-0.39, 0.29) is 0 Å². The van der Waals surface area contributed by atoms with Crippen molar-refractivity contribution < 1.29 is 0 Å². The lowest BCUT2D eigenvalue weighted by Crippen LogP contribution is -2.33. The summed E-state index contributed by atoms with van der Waals surface area (Å²) in [6.45, 7) is 1.60. The number of allylic oxidation sites excluding steroid dienone is 4. The van der Waals surface area contributed by atoms with Crippen LogP contribution < -0.4 is 16.0 Å². The highest BCUT2D eigenvalue weighted by atomic mass is 14.9. The maximum Gasteiger partial charge on any atom is 0.0710 e. The Balaban J connectivity index is 1.26. The van der Waals surface area contributed by atoms with Crippen molar-refractivity contribution in [3.8, 4) is 33.4 Å². The van der Waals surface area contributed by atoms with Crippen LogP contribution in [-0.2, 0) is 5.41 Å².